The third-order valence-electron chi connectivity index (χ3n) is 4.17. The van der Waals surface area contributed by atoms with Crippen molar-refractivity contribution in [2.75, 3.05) is 0 Å². The normalized spacial score (nSPS) is 13.6. The van der Waals surface area contributed by atoms with Crippen molar-refractivity contribution in [2.24, 2.45) is 0 Å². The van der Waals surface area contributed by atoms with Gasteiger partial charge in [0.15, 0.2) is 0 Å². The van der Waals surface area contributed by atoms with Gasteiger partial charge < -0.3 is 9.84 Å². The number of halogens is 1. The Morgan fingerprint density at radius 2 is 1.92 bits per heavy atom. The molecule has 3 aromatic rings. The van der Waals surface area contributed by atoms with Crippen LogP contribution in [0.15, 0.2) is 53.1 Å². The second-order valence-electron chi connectivity index (χ2n) is 6.08. The summed E-state index contributed by atoms with van der Waals surface area (Å²) in [7, 11) is 0. The van der Waals surface area contributed by atoms with Crippen LogP contribution in [0.4, 0.5) is 0 Å². The van der Waals surface area contributed by atoms with Crippen molar-refractivity contribution in [3.63, 3.8) is 0 Å². The van der Waals surface area contributed by atoms with E-state index in [0.29, 0.717) is 34.8 Å². The zero-order chi connectivity index (χ0) is 17.2. The molecule has 0 unspecified atom stereocenters. The average Bonchev–Trinajstić information content (AvgIpc) is 3.38. The first-order valence-electron chi connectivity index (χ1n) is 8.16. The van der Waals surface area contributed by atoms with Crippen LogP contribution >= 0.6 is 11.6 Å². The van der Waals surface area contributed by atoms with Gasteiger partial charge in [0.1, 0.15) is 0 Å². The molecule has 25 heavy (non-hydrogen) atoms. The van der Waals surface area contributed by atoms with Crippen molar-refractivity contribution in [3.05, 3.63) is 70.6 Å². The Balaban J connectivity index is 1.42. The standard InChI is InChI=1S/C19H16ClN3O2/c20-16-4-2-1-3-15(16)11-21-18(24)13-7-5-12(6-8-13)17-22-19(25-23-17)14-9-10-14/h1-8,14H,9-11H2,(H,21,24). The number of amides is 1. The van der Waals surface area contributed by atoms with E-state index in [4.69, 9.17) is 16.1 Å². The number of nitrogens with one attached hydrogen (secondary N) is 1. The average molecular weight is 354 g/mol. The molecule has 1 N–H and O–H groups in total. The van der Waals surface area contributed by atoms with Gasteiger partial charge in [-0.2, -0.15) is 4.98 Å². The van der Waals surface area contributed by atoms with Crippen LogP contribution in [-0.4, -0.2) is 16.0 Å². The van der Waals surface area contributed by atoms with Gasteiger partial charge in [-0.3, -0.25) is 4.79 Å². The molecule has 1 aliphatic rings. The van der Waals surface area contributed by atoms with Crippen molar-refractivity contribution >= 4 is 17.5 Å². The van der Waals surface area contributed by atoms with Crippen molar-refractivity contribution in [1.82, 2.24) is 15.5 Å². The highest BCUT2D eigenvalue weighted by Crippen LogP contribution is 2.39. The molecule has 0 aliphatic heterocycles. The third-order valence-corrected chi connectivity index (χ3v) is 4.54. The number of hydrogen-bond acceptors (Lipinski definition) is 4. The summed E-state index contributed by atoms with van der Waals surface area (Å²) >= 11 is 6.10. The van der Waals surface area contributed by atoms with E-state index in [1.807, 2.05) is 30.3 Å². The molecule has 1 amide bonds. The molecule has 2 aromatic carbocycles. The van der Waals surface area contributed by atoms with E-state index in [9.17, 15) is 4.79 Å². The molecule has 0 radical (unpaired) electrons. The summed E-state index contributed by atoms with van der Waals surface area (Å²) in [6.07, 6.45) is 2.23. The molecule has 126 valence electrons. The molecule has 1 aliphatic carbocycles. The lowest BCUT2D eigenvalue weighted by molar-refractivity contribution is 0.0951. The molecule has 1 aromatic heterocycles. The van der Waals surface area contributed by atoms with E-state index in [1.165, 1.54) is 0 Å². The van der Waals surface area contributed by atoms with Gasteiger partial charge in [0.05, 0.1) is 0 Å². The minimum absolute atomic E-state index is 0.154. The number of carbonyl (C=O) groups excluding carboxylic acids is 1. The fourth-order valence-electron chi connectivity index (χ4n) is 2.54. The molecule has 4 rings (SSSR count). The topological polar surface area (TPSA) is 68.0 Å². The van der Waals surface area contributed by atoms with Crippen molar-refractivity contribution < 1.29 is 9.32 Å². The lowest BCUT2D eigenvalue weighted by Gasteiger charge is -2.07. The molecule has 0 saturated heterocycles. The number of aromatic nitrogens is 2. The van der Waals surface area contributed by atoms with Crippen LogP contribution in [0.3, 0.4) is 0 Å². The molecular formula is C19H16ClN3O2. The van der Waals surface area contributed by atoms with Crippen molar-refractivity contribution in [1.29, 1.82) is 0 Å². The fraction of sp³-hybridized carbons (Fsp3) is 0.211. The van der Waals surface area contributed by atoms with Gasteiger partial charge in [-0.15, -0.1) is 0 Å². The van der Waals surface area contributed by atoms with E-state index in [0.717, 1.165) is 24.0 Å². The smallest absolute Gasteiger partial charge is 0.251 e. The van der Waals surface area contributed by atoms with E-state index in [-0.39, 0.29) is 5.91 Å². The maximum absolute atomic E-state index is 12.3. The second kappa shape index (κ2) is 6.69. The van der Waals surface area contributed by atoms with Crippen molar-refractivity contribution in [2.45, 2.75) is 25.3 Å². The predicted octanol–water partition coefficient (Wildman–Crippen LogP) is 4.20. The van der Waals surface area contributed by atoms with Gasteiger partial charge in [0.2, 0.25) is 11.7 Å². The Bertz CT molecular complexity index is 901. The van der Waals surface area contributed by atoms with Crippen LogP contribution in [0, 0.1) is 0 Å². The van der Waals surface area contributed by atoms with Crippen LogP contribution in [-0.2, 0) is 6.54 Å². The van der Waals surface area contributed by atoms with Crippen LogP contribution in [0.25, 0.3) is 11.4 Å². The van der Waals surface area contributed by atoms with E-state index in [2.05, 4.69) is 15.5 Å². The van der Waals surface area contributed by atoms with Crippen LogP contribution in [0.1, 0.15) is 40.6 Å². The molecule has 0 spiro atoms. The summed E-state index contributed by atoms with van der Waals surface area (Å²) in [6, 6.07) is 14.6. The SMILES string of the molecule is O=C(NCc1ccccc1Cl)c1ccc(-c2noc(C3CC3)n2)cc1. The van der Waals surface area contributed by atoms with E-state index in [1.54, 1.807) is 18.2 Å². The van der Waals surface area contributed by atoms with Gasteiger partial charge >= 0.3 is 0 Å². The van der Waals surface area contributed by atoms with Crippen LogP contribution in [0.5, 0.6) is 0 Å². The molecule has 0 atom stereocenters. The molecular weight excluding hydrogens is 338 g/mol. The Kier molecular flexibility index (Phi) is 4.24. The maximum atomic E-state index is 12.3. The highest BCUT2D eigenvalue weighted by molar-refractivity contribution is 6.31. The summed E-state index contributed by atoms with van der Waals surface area (Å²) < 4.78 is 5.27. The van der Waals surface area contributed by atoms with Gasteiger partial charge in [-0.25, -0.2) is 0 Å². The highest BCUT2D eigenvalue weighted by Gasteiger charge is 2.29. The molecule has 1 saturated carbocycles. The van der Waals surface area contributed by atoms with E-state index < -0.39 is 0 Å². The first-order valence-corrected chi connectivity index (χ1v) is 8.54. The van der Waals surface area contributed by atoms with Gasteiger partial charge in [0.25, 0.3) is 5.91 Å². The first-order chi connectivity index (χ1) is 12.2. The number of nitrogens with zero attached hydrogens (tertiary/aromatic N) is 2. The minimum Gasteiger partial charge on any atom is -0.348 e. The fourth-order valence-corrected chi connectivity index (χ4v) is 2.74. The lowest BCUT2D eigenvalue weighted by atomic mass is 10.1. The number of rotatable bonds is 5. The summed E-state index contributed by atoms with van der Waals surface area (Å²) in [6.45, 7) is 0.385. The quantitative estimate of drug-likeness (QED) is 0.746. The number of hydrogen-bond donors (Lipinski definition) is 1. The Hall–Kier alpha value is -2.66. The second-order valence-corrected chi connectivity index (χ2v) is 6.49. The molecule has 1 fully saturated rings. The van der Waals surface area contributed by atoms with Crippen LogP contribution < -0.4 is 5.32 Å². The summed E-state index contributed by atoms with van der Waals surface area (Å²) in [4.78, 5) is 16.7. The number of carbonyl (C=O) groups is 1. The third kappa shape index (κ3) is 3.56. The number of benzene rings is 2. The lowest BCUT2D eigenvalue weighted by Crippen LogP contribution is -2.22. The van der Waals surface area contributed by atoms with E-state index >= 15 is 0 Å². The maximum Gasteiger partial charge on any atom is 0.251 e. The largest absolute Gasteiger partial charge is 0.348 e. The Labute approximate surface area is 150 Å². The summed E-state index contributed by atoms with van der Waals surface area (Å²) in [5.74, 6) is 1.54. The molecule has 5 nitrogen and oxygen atoms in total. The zero-order valence-electron chi connectivity index (χ0n) is 13.4. The predicted molar refractivity (Wildman–Crippen MR) is 94.3 cm³/mol. The monoisotopic (exact) mass is 353 g/mol. The van der Waals surface area contributed by atoms with Gasteiger partial charge in [0, 0.05) is 28.6 Å². The van der Waals surface area contributed by atoms with Crippen LogP contribution in [0.2, 0.25) is 5.02 Å². The molecule has 0 bridgehead atoms. The molecule has 6 heteroatoms. The first kappa shape index (κ1) is 15.8. The summed E-state index contributed by atoms with van der Waals surface area (Å²) in [5.41, 5.74) is 2.29. The summed E-state index contributed by atoms with van der Waals surface area (Å²) in [5, 5.41) is 7.52. The Morgan fingerprint density at radius 1 is 1.16 bits per heavy atom. The minimum atomic E-state index is -0.154. The zero-order valence-corrected chi connectivity index (χ0v) is 14.2. The highest BCUT2D eigenvalue weighted by atomic mass is 35.5. The molecule has 1 heterocycles. The Morgan fingerprint density at radius 3 is 2.64 bits per heavy atom. The van der Waals surface area contributed by atoms with Crippen molar-refractivity contribution in [3.8, 4) is 11.4 Å². The van der Waals surface area contributed by atoms with Gasteiger partial charge in [-0.1, -0.05) is 47.1 Å². The van der Waals surface area contributed by atoms with Gasteiger partial charge in [-0.05, 0) is 36.6 Å².